The van der Waals surface area contributed by atoms with Gasteiger partial charge in [-0.3, -0.25) is 4.79 Å². The first kappa shape index (κ1) is 14.9. The largest absolute Gasteiger partial charge is 0.330 e. The van der Waals surface area contributed by atoms with Gasteiger partial charge in [0.05, 0.1) is 0 Å². The maximum absolute atomic E-state index is 12.1. The maximum atomic E-state index is 12.1. The number of nitrogens with one attached hydrogen (secondary N) is 1. The molecule has 3 N–H and O–H groups in total. The SMILES string of the molecule is CC(CCN)C(=O)Nc1ccc(SC(F)F)cc1. The molecule has 1 amide bonds. The molecule has 0 saturated carbocycles. The first-order valence-electron chi connectivity index (χ1n) is 5.58. The molecule has 1 aromatic carbocycles. The number of nitrogens with two attached hydrogens (primary N) is 1. The van der Waals surface area contributed by atoms with E-state index >= 15 is 0 Å². The number of alkyl halides is 2. The highest BCUT2D eigenvalue weighted by atomic mass is 32.2. The smallest absolute Gasteiger partial charge is 0.288 e. The average molecular weight is 274 g/mol. The lowest BCUT2D eigenvalue weighted by Crippen LogP contribution is -2.22. The van der Waals surface area contributed by atoms with Crippen molar-refractivity contribution >= 4 is 23.4 Å². The zero-order valence-corrected chi connectivity index (χ0v) is 10.8. The van der Waals surface area contributed by atoms with Crippen LogP contribution in [0.4, 0.5) is 14.5 Å². The van der Waals surface area contributed by atoms with Crippen LogP contribution >= 0.6 is 11.8 Å². The zero-order chi connectivity index (χ0) is 13.5. The Bertz CT molecular complexity index is 384. The Hall–Kier alpha value is -1.14. The molecule has 18 heavy (non-hydrogen) atoms. The number of thioether (sulfide) groups is 1. The second-order valence-corrected chi connectivity index (χ2v) is 4.93. The minimum Gasteiger partial charge on any atom is -0.330 e. The summed E-state index contributed by atoms with van der Waals surface area (Å²) in [6.07, 6.45) is 0.616. The lowest BCUT2D eigenvalue weighted by Gasteiger charge is -2.11. The van der Waals surface area contributed by atoms with Crippen molar-refractivity contribution in [3.05, 3.63) is 24.3 Å². The van der Waals surface area contributed by atoms with E-state index in [4.69, 9.17) is 5.73 Å². The summed E-state index contributed by atoms with van der Waals surface area (Å²) < 4.78 is 24.2. The fourth-order valence-electron chi connectivity index (χ4n) is 1.37. The van der Waals surface area contributed by atoms with E-state index in [0.717, 1.165) is 0 Å². The quantitative estimate of drug-likeness (QED) is 0.784. The van der Waals surface area contributed by atoms with Gasteiger partial charge in [0, 0.05) is 16.5 Å². The molecule has 1 rings (SSSR count). The van der Waals surface area contributed by atoms with Gasteiger partial charge in [-0.2, -0.15) is 8.78 Å². The van der Waals surface area contributed by atoms with Crippen molar-refractivity contribution < 1.29 is 13.6 Å². The maximum Gasteiger partial charge on any atom is 0.288 e. The molecule has 0 fully saturated rings. The lowest BCUT2D eigenvalue weighted by atomic mass is 10.1. The summed E-state index contributed by atoms with van der Waals surface area (Å²) in [7, 11) is 0. The molecule has 0 bridgehead atoms. The number of benzene rings is 1. The summed E-state index contributed by atoms with van der Waals surface area (Å²) in [5.74, 6) is -2.71. The second kappa shape index (κ2) is 7.33. The first-order chi connectivity index (χ1) is 8.52. The van der Waals surface area contributed by atoms with E-state index in [1.807, 2.05) is 0 Å². The fraction of sp³-hybridized carbons (Fsp3) is 0.417. The highest BCUT2D eigenvalue weighted by molar-refractivity contribution is 7.99. The predicted octanol–water partition coefficient (Wildman–Crippen LogP) is 2.92. The number of hydrogen-bond donors (Lipinski definition) is 2. The molecule has 3 nitrogen and oxygen atoms in total. The van der Waals surface area contributed by atoms with E-state index in [9.17, 15) is 13.6 Å². The predicted molar refractivity (Wildman–Crippen MR) is 69.8 cm³/mol. The molecule has 0 radical (unpaired) electrons. The summed E-state index contributed by atoms with van der Waals surface area (Å²) in [4.78, 5) is 12.1. The Kier molecular flexibility index (Phi) is 6.07. The number of carbonyl (C=O) groups is 1. The minimum absolute atomic E-state index is 0.116. The van der Waals surface area contributed by atoms with Crippen LogP contribution in [-0.2, 0) is 4.79 Å². The highest BCUT2D eigenvalue weighted by Gasteiger charge is 2.12. The number of rotatable bonds is 6. The van der Waals surface area contributed by atoms with Crippen molar-refractivity contribution in [2.75, 3.05) is 11.9 Å². The zero-order valence-electron chi connectivity index (χ0n) is 10.0. The topological polar surface area (TPSA) is 55.1 Å². The monoisotopic (exact) mass is 274 g/mol. The van der Waals surface area contributed by atoms with Crippen molar-refractivity contribution in [1.82, 2.24) is 0 Å². The van der Waals surface area contributed by atoms with Crippen LogP contribution in [0.25, 0.3) is 0 Å². The summed E-state index contributed by atoms with van der Waals surface area (Å²) in [6, 6.07) is 6.33. The molecule has 6 heteroatoms. The summed E-state index contributed by atoms with van der Waals surface area (Å²) in [5.41, 5.74) is 5.97. The molecule has 0 heterocycles. The third-order valence-electron chi connectivity index (χ3n) is 2.39. The van der Waals surface area contributed by atoms with Crippen LogP contribution in [0, 0.1) is 5.92 Å². The van der Waals surface area contributed by atoms with Gasteiger partial charge < -0.3 is 11.1 Å². The van der Waals surface area contributed by atoms with Gasteiger partial charge in [-0.1, -0.05) is 18.7 Å². The van der Waals surface area contributed by atoms with Gasteiger partial charge in [-0.15, -0.1) is 0 Å². The number of anilines is 1. The van der Waals surface area contributed by atoms with E-state index in [-0.39, 0.29) is 11.8 Å². The van der Waals surface area contributed by atoms with Crippen LogP contribution in [0.2, 0.25) is 0 Å². The Balaban J connectivity index is 2.55. The third kappa shape index (κ3) is 5.01. The van der Waals surface area contributed by atoms with Crippen LogP contribution in [-0.4, -0.2) is 18.2 Å². The molecular weight excluding hydrogens is 258 g/mol. The lowest BCUT2D eigenvalue weighted by molar-refractivity contribution is -0.119. The van der Waals surface area contributed by atoms with Crippen LogP contribution in [0.5, 0.6) is 0 Å². The van der Waals surface area contributed by atoms with E-state index in [2.05, 4.69) is 5.32 Å². The van der Waals surface area contributed by atoms with Gasteiger partial charge in [-0.25, -0.2) is 0 Å². The molecular formula is C12H16F2N2OS. The average Bonchev–Trinajstić information content (AvgIpc) is 2.31. The van der Waals surface area contributed by atoms with Crippen molar-refractivity contribution in [2.45, 2.75) is 24.0 Å². The van der Waals surface area contributed by atoms with Crippen LogP contribution in [0.3, 0.4) is 0 Å². The van der Waals surface area contributed by atoms with Crippen molar-refractivity contribution in [3.8, 4) is 0 Å². The standard InChI is InChI=1S/C12H16F2N2OS/c1-8(6-7-15)11(17)16-9-2-4-10(5-3-9)18-12(13)14/h2-5,8,12H,6-7,15H2,1H3,(H,16,17). The summed E-state index contributed by atoms with van der Waals surface area (Å²) >= 11 is 0.478. The molecule has 1 atom stereocenters. The van der Waals surface area contributed by atoms with E-state index in [1.165, 1.54) is 0 Å². The van der Waals surface area contributed by atoms with Gasteiger partial charge in [0.25, 0.3) is 5.76 Å². The second-order valence-electron chi connectivity index (χ2n) is 3.87. The highest BCUT2D eigenvalue weighted by Crippen LogP contribution is 2.26. The van der Waals surface area contributed by atoms with E-state index < -0.39 is 5.76 Å². The van der Waals surface area contributed by atoms with Gasteiger partial charge in [0.15, 0.2) is 0 Å². The molecule has 0 aromatic heterocycles. The van der Waals surface area contributed by atoms with Gasteiger partial charge in [-0.05, 0) is 37.2 Å². The Morgan fingerprint density at radius 2 is 2.00 bits per heavy atom. The molecule has 0 saturated heterocycles. The molecule has 0 aliphatic rings. The van der Waals surface area contributed by atoms with Gasteiger partial charge in [0.2, 0.25) is 5.91 Å². The van der Waals surface area contributed by atoms with Crippen molar-refractivity contribution in [1.29, 1.82) is 0 Å². The number of amides is 1. The first-order valence-corrected chi connectivity index (χ1v) is 6.46. The molecule has 100 valence electrons. The van der Waals surface area contributed by atoms with Crippen molar-refractivity contribution in [3.63, 3.8) is 0 Å². The number of halogens is 2. The molecule has 0 spiro atoms. The Labute approximate surface area is 109 Å². The number of carbonyl (C=O) groups excluding carboxylic acids is 1. The van der Waals surface area contributed by atoms with Crippen LogP contribution < -0.4 is 11.1 Å². The minimum atomic E-state index is -2.44. The number of hydrogen-bond acceptors (Lipinski definition) is 3. The molecule has 0 aliphatic heterocycles. The van der Waals surface area contributed by atoms with Crippen molar-refractivity contribution in [2.24, 2.45) is 11.7 Å². The molecule has 1 unspecified atom stereocenters. The molecule has 0 aliphatic carbocycles. The normalized spacial score (nSPS) is 12.5. The van der Waals surface area contributed by atoms with Crippen LogP contribution in [0.15, 0.2) is 29.2 Å². The summed E-state index contributed by atoms with van der Waals surface area (Å²) in [6.45, 7) is 2.25. The van der Waals surface area contributed by atoms with E-state index in [0.29, 0.717) is 35.3 Å². The molecule has 1 aromatic rings. The van der Waals surface area contributed by atoms with Gasteiger partial charge >= 0.3 is 0 Å². The fourth-order valence-corrected chi connectivity index (χ4v) is 1.87. The van der Waals surface area contributed by atoms with Crippen LogP contribution in [0.1, 0.15) is 13.3 Å². The Morgan fingerprint density at radius 1 is 1.39 bits per heavy atom. The van der Waals surface area contributed by atoms with E-state index in [1.54, 1.807) is 31.2 Å². The Morgan fingerprint density at radius 3 is 2.50 bits per heavy atom. The third-order valence-corrected chi connectivity index (χ3v) is 3.12. The van der Waals surface area contributed by atoms with Gasteiger partial charge in [0.1, 0.15) is 0 Å². The summed E-state index contributed by atoms with van der Waals surface area (Å²) in [5, 5.41) is 2.72.